The highest BCUT2D eigenvalue weighted by atomic mass is 35.5. The number of nitrogens with one attached hydrogen (secondary N) is 1. The predicted octanol–water partition coefficient (Wildman–Crippen LogP) is 5.69. The van der Waals surface area contributed by atoms with E-state index in [1.807, 2.05) is 0 Å². The number of rotatable bonds is 6. The number of aromatic nitrogens is 2. The molecule has 14 heteroatoms. The van der Waals surface area contributed by atoms with Crippen molar-refractivity contribution < 1.29 is 40.7 Å². The van der Waals surface area contributed by atoms with Gasteiger partial charge in [-0.15, -0.1) is 0 Å². The largest absolute Gasteiger partial charge is 0.480 e. The minimum atomic E-state index is -2.95. The first kappa shape index (κ1) is 25.7. The summed E-state index contributed by atoms with van der Waals surface area (Å²) in [6, 6.07) is 8.51. The van der Waals surface area contributed by atoms with Gasteiger partial charge < -0.3 is 25.3 Å². The van der Waals surface area contributed by atoms with Crippen molar-refractivity contribution >= 4 is 17.5 Å². The number of primary amides is 1. The minimum Gasteiger partial charge on any atom is -0.480 e. The molecule has 232 valence electrons. The quantitative estimate of drug-likeness (QED) is 0.228. The number of nitrogens with zero attached hydrogens (tertiary/aromatic N) is 2. The van der Waals surface area contributed by atoms with Gasteiger partial charge in [-0.05, 0) is 31.0 Å². The molecule has 7 rings (SSSR count). The van der Waals surface area contributed by atoms with E-state index in [0.29, 0.717) is 10.2 Å². The van der Waals surface area contributed by atoms with Crippen molar-refractivity contribution in [2.45, 2.75) is 43.9 Å². The zero-order valence-electron chi connectivity index (χ0n) is 25.9. The van der Waals surface area contributed by atoms with Crippen LogP contribution in [0.1, 0.15) is 38.4 Å². The first-order chi connectivity index (χ1) is 22.6. The maximum absolute atomic E-state index is 16.8. The number of fused-ring (bicyclic) bond motifs is 3. The summed E-state index contributed by atoms with van der Waals surface area (Å²) < 4.78 is 102. The number of hydrogen-bond acceptors (Lipinski definition) is 7. The van der Waals surface area contributed by atoms with Crippen molar-refractivity contribution in [3.8, 4) is 39.9 Å². The van der Waals surface area contributed by atoms with Crippen molar-refractivity contribution in [3.63, 3.8) is 0 Å². The summed E-state index contributed by atoms with van der Waals surface area (Å²) in [4.78, 5) is 25.7. The van der Waals surface area contributed by atoms with E-state index in [1.165, 1.54) is 0 Å². The van der Waals surface area contributed by atoms with Crippen LogP contribution in [0.3, 0.4) is 0 Å². The molecule has 3 aliphatic rings. The maximum atomic E-state index is 16.8. The molecule has 1 unspecified atom stereocenters. The molecule has 3 aromatic carbocycles. The predicted molar refractivity (Wildman–Crippen MR) is 153 cm³/mol. The summed E-state index contributed by atoms with van der Waals surface area (Å²) >= 11 is 6.52. The third-order valence-electron chi connectivity index (χ3n) is 7.87. The molecule has 0 radical (unpaired) electrons. The lowest BCUT2D eigenvalue weighted by molar-refractivity contribution is 0.0539. The first-order valence-electron chi connectivity index (χ1n) is 15.1. The van der Waals surface area contributed by atoms with E-state index in [-0.39, 0.29) is 41.9 Å². The fourth-order valence-corrected chi connectivity index (χ4v) is 6.16. The van der Waals surface area contributed by atoms with Gasteiger partial charge in [0.05, 0.1) is 24.2 Å². The Morgan fingerprint density at radius 1 is 1.18 bits per heavy atom. The highest BCUT2D eigenvalue weighted by Crippen LogP contribution is 2.55. The van der Waals surface area contributed by atoms with Gasteiger partial charge in [-0.1, -0.05) is 41.9 Å². The molecule has 3 N–H and O–H groups in total. The van der Waals surface area contributed by atoms with Crippen LogP contribution in [-0.2, 0) is 18.6 Å². The van der Waals surface area contributed by atoms with Gasteiger partial charge in [0, 0.05) is 31.9 Å². The molecule has 4 heterocycles. The van der Waals surface area contributed by atoms with E-state index in [4.69, 9.17) is 34.3 Å². The second-order valence-corrected chi connectivity index (χ2v) is 10.9. The second kappa shape index (κ2) is 10.8. The molecule has 2 atom stereocenters. The number of carbonyl (C=O) groups is 1. The van der Waals surface area contributed by atoms with Gasteiger partial charge in [0.2, 0.25) is 17.4 Å². The standard InChI is InChI=1S/C31H23ClF4N4O5/c32-25-17(33)10-18-16(11-31(45-18,21-7-4-8-38-21)14-5-2-1-3-6-14)23(25)24-15(29(37)41)9-19-27(26(24)36)44-28-20(43-19)12-39-40(30(28)42)13-22(34)35/h1-3,5-6,9-10,12,21-22,38H,4,7-8,11,13H2,(H2,37,41)/t21?,31-/m0/s1/i8D2,21D. The monoisotopic (exact) mass is 645 g/mol. The topological polar surface area (TPSA) is 118 Å². The molecule has 0 bridgehead atoms. The van der Waals surface area contributed by atoms with E-state index in [1.54, 1.807) is 30.3 Å². The summed E-state index contributed by atoms with van der Waals surface area (Å²) in [5.41, 5.74) is 1.76. The Balaban J connectivity index is 1.43. The molecule has 1 fully saturated rings. The van der Waals surface area contributed by atoms with Crippen LogP contribution in [0.15, 0.2) is 53.5 Å². The van der Waals surface area contributed by atoms with Gasteiger partial charge in [-0.2, -0.15) is 5.10 Å². The fourth-order valence-electron chi connectivity index (χ4n) is 5.90. The smallest absolute Gasteiger partial charge is 0.313 e. The van der Waals surface area contributed by atoms with Crippen LogP contribution in [0.5, 0.6) is 28.7 Å². The number of nitrogens with two attached hydrogens (primary N) is 1. The average Bonchev–Trinajstić information content (AvgIpc) is 3.57. The summed E-state index contributed by atoms with van der Waals surface area (Å²) in [6.07, 6.45) is -2.39. The number of benzene rings is 3. The third kappa shape index (κ3) is 4.60. The molecular formula is C31H23ClF4N4O5. The molecular weight excluding hydrogens is 620 g/mol. The molecule has 0 spiro atoms. The first-order valence-corrected chi connectivity index (χ1v) is 14.0. The summed E-state index contributed by atoms with van der Waals surface area (Å²) in [7, 11) is 0. The number of alkyl halides is 2. The SMILES string of the molecule is [2H]C1([2H])CCC([2H])([C@@]2(c3ccccc3)Cc3c(cc(F)c(Cl)c3-c3c(C(N)=O)cc4c(c3F)Oc3c(cnn(CC(F)F)c3=O)O4)O2)N1. The zero-order chi connectivity index (χ0) is 34.3. The number of halogens is 5. The van der Waals surface area contributed by atoms with E-state index in [0.717, 1.165) is 18.3 Å². The molecule has 0 aliphatic carbocycles. The lowest BCUT2D eigenvalue weighted by atomic mass is 9.80. The zero-order valence-corrected chi connectivity index (χ0v) is 23.7. The second-order valence-electron chi connectivity index (χ2n) is 10.5. The van der Waals surface area contributed by atoms with Crippen LogP contribution in [0.25, 0.3) is 11.1 Å². The van der Waals surface area contributed by atoms with Gasteiger partial charge in [-0.3, -0.25) is 9.59 Å². The van der Waals surface area contributed by atoms with Crippen molar-refractivity contribution in [2.24, 2.45) is 5.73 Å². The summed E-state index contributed by atoms with van der Waals surface area (Å²) in [5, 5.41) is 5.68. The van der Waals surface area contributed by atoms with Gasteiger partial charge in [0.1, 0.15) is 18.1 Å². The van der Waals surface area contributed by atoms with E-state index < -0.39 is 87.6 Å². The minimum absolute atomic E-state index is 0.0310. The summed E-state index contributed by atoms with van der Waals surface area (Å²) in [6.45, 7) is -3.03. The van der Waals surface area contributed by atoms with E-state index in [2.05, 4.69) is 10.4 Å². The summed E-state index contributed by atoms with van der Waals surface area (Å²) in [5.74, 6) is -5.98. The Morgan fingerprint density at radius 3 is 2.64 bits per heavy atom. The molecule has 1 saturated heterocycles. The van der Waals surface area contributed by atoms with Gasteiger partial charge in [-0.25, -0.2) is 22.2 Å². The molecule has 3 aliphatic heterocycles. The molecule has 4 aromatic rings. The van der Waals surface area contributed by atoms with Crippen LogP contribution in [-0.4, -0.2) is 34.6 Å². The Morgan fingerprint density at radius 2 is 1.96 bits per heavy atom. The van der Waals surface area contributed by atoms with Gasteiger partial charge in [0.15, 0.2) is 22.9 Å². The number of ether oxygens (including phenoxy) is 3. The Kier molecular flexibility index (Phi) is 6.15. The number of amides is 1. The normalized spacial score (nSPS) is 23.5. The average molecular weight is 646 g/mol. The van der Waals surface area contributed by atoms with Crippen LogP contribution in [0, 0.1) is 11.6 Å². The highest BCUT2D eigenvalue weighted by Gasteiger charge is 2.50. The van der Waals surface area contributed by atoms with Gasteiger partial charge >= 0.3 is 5.56 Å². The Labute approximate surface area is 261 Å². The van der Waals surface area contributed by atoms with E-state index in [9.17, 15) is 19.7 Å². The number of hydrogen-bond donors (Lipinski definition) is 2. The number of carbonyl (C=O) groups excluding carboxylic acids is 1. The van der Waals surface area contributed by atoms with Crippen LogP contribution < -0.4 is 30.8 Å². The lowest BCUT2D eigenvalue weighted by Crippen LogP contribution is -2.48. The molecule has 45 heavy (non-hydrogen) atoms. The fraction of sp³-hybridized carbons (Fsp3) is 0.258. The van der Waals surface area contributed by atoms with Gasteiger partial charge in [0.25, 0.3) is 6.43 Å². The Bertz CT molecular complexity index is 2090. The highest BCUT2D eigenvalue weighted by molar-refractivity contribution is 6.34. The van der Waals surface area contributed by atoms with Crippen LogP contribution in [0.2, 0.25) is 5.02 Å². The van der Waals surface area contributed by atoms with Crippen molar-refractivity contribution in [2.75, 3.05) is 6.50 Å². The van der Waals surface area contributed by atoms with Crippen LogP contribution in [0.4, 0.5) is 17.6 Å². The molecule has 9 nitrogen and oxygen atoms in total. The van der Waals surface area contributed by atoms with Crippen molar-refractivity contribution in [3.05, 3.63) is 92.4 Å². The van der Waals surface area contributed by atoms with Crippen molar-refractivity contribution in [1.82, 2.24) is 15.1 Å². The molecule has 1 aromatic heterocycles. The Hall–Kier alpha value is -4.62. The molecule has 0 saturated carbocycles. The third-order valence-corrected chi connectivity index (χ3v) is 8.24. The van der Waals surface area contributed by atoms with E-state index >= 15 is 8.78 Å². The van der Waals surface area contributed by atoms with Crippen molar-refractivity contribution in [1.29, 1.82) is 0 Å². The maximum Gasteiger partial charge on any atom is 0.313 e. The molecule has 1 amide bonds. The van der Waals surface area contributed by atoms with Crippen LogP contribution >= 0.6 is 11.6 Å². The lowest BCUT2D eigenvalue weighted by Gasteiger charge is -2.35.